The molecular weight excluding hydrogens is 280 g/mol. The van der Waals surface area contributed by atoms with E-state index in [1.807, 2.05) is 0 Å². The standard InChI is InChI=1S/C14H13F2N3O2/c15-14(16)21-12-4-2-1-3-11(12)19-8-5-6-10(17)9(7-8)13(18)20/h1-7,14,19H,17H2,(H2,18,20). The minimum atomic E-state index is -2.93. The Morgan fingerprint density at radius 2 is 1.90 bits per heavy atom. The lowest BCUT2D eigenvalue weighted by Crippen LogP contribution is -2.13. The molecule has 0 unspecified atom stereocenters. The molecule has 0 heterocycles. The quantitative estimate of drug-likeness (QED) is 0.739. The number of carbonyl (C=O) groups is 1. The minimum Gasteiger partial charge on any atom is -0.433 e. The average molecular weight is 293 g/mol. The number of carbonyl (C=O) groups excluding carboxylic acids is 1. The zero-order valence-corrected chi connectivity index (χ0v) is 10.8. The topological polar surface area (TPSA) is 90.4 Å². The van der Waals surface area contributed by atoms with Crippen molar-refractivity contribution in [3.8, 4) is 5.75 Å². The molecule has 0 radical (unpaired) electrons. The molecule has 0 saturated heterocycles. The zero-order chi connectivity index (χ0) is 15.4. The maximum Gasteiger partial charge on any atom is 0.387 e. The highest BCUT2D eigenvalue weighted by Gasteiger charge is 2.11. The zero-order valence-electron chi connectivity index (χ0n) is 10.8. The number of amides is 1. The number of hydrogen-bond donors (Lipinski definition) is 3. The van der Waals surface area contributed by atoms with Gasteiger partial charge in [0, 0.05) is 11.4 Å². The summed E-state index contributed by atoms with van der Waals surface area (Å²) in [6.07, 6.45) is 0. The molecular formula is C14H13F2N3O2. The van der Waals surface area contributed by atoms with Crippen molar-refractivity contribution in [2.24, 2.45) is 5.73 Å². The smallest absolute Gasteiger partial charge is 0.387 e. The highest BCUT2D eigenvalue weighted by atomic mass is 19.3. The van der Waals surface area contributed by atoms with E-state index in [0.29, 0.717) is 11.4 Å². The molecule has 0 saturated carbocycles. The van der Waals surface area contributed by atoms with Gasteiger partial charge in [0.25, 0.3) is 5.91 Å². The Bertz CT molecular complexity index is 662. The third-order valence-corrected chi connectivity index (χ3v) is 2.70. The van der Waals surface area contributed by atoms with Crippen molar-refractivity contribution >= 4 is 23.0 Å². The summed E-state index contributed by atoms with van der Waals surface area (Å²) in [5, 5.41) is 2.88. The average Bonchev–Trinajstić information content (AvgIpc) is 2.42. The lowest BCUT2D eigenvalue weighted by molar-refractivity contribution is -0.0493. The normalized spacial score (nSPS) is 10.4. The number of halogens is 2. The van der Waals surface area contributed by atoms with Crippen LogP contribution in [0.1, 0.15) is 10.4 Å². The molecule has 21 heavy (non-hydrogen) atoms. The van der Waals surface area contributed by atoms with E-state index in [0.717, 1.165) is 0 Å². The summed E-state index contributed by atoms with van der Waals surface area (Å²) in [6, 6.07) is 10.7. The van der Waals surface area contributed by atoms with Gasteiger partial charge in [-0.25, -0.2) is 0 Å². The first-order valence-electron chi connectivity index (χ1n) is 5.97. The molecule has 5 N–H and O–H groups in total. The Kier molecular flexibility index (Phi) is 4.22. The van der Waals surface area contributed by atoms with Gasteiger partial charge in [-0.2, -0.15) is 8.78 Å². The summed E-state index contributed by atoms with van der Waals surface area (Å²) >= 11 is 0. The van der Waals surface area contributed by atoms with Crippen LogP contribution in [0.15, 0.2) is 42.5 Å². The van der Waals surface area contributed by atoms with Crippen LogP contribution in [-0.2, 0) is 0 Å². The molecule has 0 aliphatic carbocycles. The maximum absolute atomic E-state index is 12.3. The number of anilines is 3. The molecule has 2 aromatic carbocycles. The van der Waals surface area contributed by atoms with Crippen LogP contribution < -0.4 is 21.5 Å². The third-order valence-electron chi connectivity index (χ3n) is 2.70. The van der Waals surface area contributed by atoms with Crippen molar-refractivity contribution in [3.63, 3.8) is 0 Å². The van der Waals surface area contributed by atoms with Crippen LogP contribution >= 0.6 is 0 Å². The van der Waals surface area contributed by atoms with Gasteiger partial charge in [-0.05, 0) is 30.3 Å². The van der Waals surface area contributed by atoms with Gasteiger partial charge < -0.3 is 21.5 Å². The number of nitrogens with one attached hydrogen (secondary N) is 1. The summed E-state index contributed by atoms with van der Waals surface area (Å²) in [5.41, 5.74) is 12.0. The number of rotatable bonds is 5. The van der Waals surface area contributed by atoms with E-state index in [1.165, 1.54) is 18.2 Å². The Hall–Kier alpha value is -2.83. The summed E-state index contributed by atoms with van der Waals surface area (Å²) < 4.78 is 29.1. The van der Waals surface area contributed by atoms with E-state index in [-0.39, 0.29) is 17.0 Å². The molecule has 0 aliphatic rings. The van der Waals surface area contributed by atoms with E-state index in [4.69, 9.17) is 11.5 Å². The molecule has 110 valence electrons. The molecule has 0 spiro atoms. The maximum atomic E-state index is 12.3. The molecule has 7 heteroatoms. The fourth-order valence-corrected chi connectivity index (χ4v) is 1.77. The Balaban J connectivity index is 2.30. The van der Waals surface area contributed by atoms with Gasteiger partial charge >= 0.3 is 6.61 Å². The van der Waals surface area contributed by atoms with E-state index in [2.05, 4.69) is 10.1 Å². The van der Waals surface area contributed by atoms with Crippen molar-refractivity contribution < 1.29 is 18.3 Å². The minimum absolute atomic E-state index is 0.00931. The van der Waals surface area contributed by atoms with Gasteiger partial charge in [0.05, 0.1) is 11.3 Å². The molecule has 0 fully saturated rings. The fourth-order valence-electron chi connectivity index (χ4n) is 1.77. The first-order chi connectivity index (χ1) is 9.97. The van der Waals surface area contributed by atoms with Crippen molar-refractivity contribution in [1.82, 2.24) is 0 Å². The van der Waals surface area contributed by atoms with Crippen LogP contribution in [0.5, 0.6) is 5.75 Å². The first-order valence-corrected chi connectivity index (χ1v) is 5.97. The van der Waals surface area contributed by atoms with E-state index in [9.17, 15) is 13.6 Å². The number of ether oxygens (including phenoxy) is 1. The fraction of sp³-hybridized carbons (Fsp3) is 0.0714. The monoisotopic (exact) mass is 293 g/mol. The number of benzene rings is 2. The van der Waals surface area contributed by atoms with Crippen molar-refractivity contribution in [2.75, 3.05) is 11.1 Å². The lowest BCUT2D eigenvalue weighted by Gasteiger charge is -2.13. The molecule has 0 aliphatic heterocycles. The van der Waals surface area contributed by atoms with Crippen LogP contribution in [-0.4, -0.2) is 12.5 Å². The Labute approximate surface area is 119 Å². The lowest BCUT2D eigenvalue weighted by atomic mass is 10.1. The summed E-state index contributed by atoms with van der Waals surface area (Å²) in [6.45, 7) is -2.93. The van der Waals surface area contributed by atoms with Gasteiger partial charge in [0.1, 0.15) is 5.75 Å². The van der Waals surface area contributed by atoms with E-state index < -0.39 is 12.5 Å². The number of nitrogen functional groups attached to an aromatic ring is 1. The molecule has 2 rings (SSSR count). The van der Waals surface area contributed by atoms with Gasteiger partial charge in [-0.15, -0.1) is 0 Å². The van der Waals surface area contributed by atoms with Crippen LogP contribution in [0.25, 0.3) is 0 Å². The number of nitrogens with two attached hydrogens (primary N) is 2. The second-order valence-corrected chi connectivity index (χ2v) is 4.17. The number of primary amides is 1. The van der Waals surface area contributed by atoms with Gasteiger partial charge in [0.2, 0.25) is 0 Å². The molecule has 5 nitrogen and oxygen atoms in total. The van der Waals surface area contributed by atoms with E-state index in [1.54, 1.807) is 24.3 Å². The molecule has 0 bridgehead atoms. The third kappa shape index (κ3) is 3.59. The predicted octanol–water partition coefficient (Wildman–Crippen LogP) is 2.71. The summed E-state index contributed by atoms with van der Waals surface area (Å²) in [5.74, 6) is -0.682. The van der Waals surface area contributed by atoms with Crippen molar-refractivity contribution in [1.29, 1.82) is 0 Å². The van der Waals surface area contributed by atoms with Crippen LogP contribution in [0.2, 0.25) is 0 Å². The first kappa shape index (κ1) is 14.6. The van der Waals surface area contributed by atoms with Gasteiger partial charge in [-0.1, -0.05) is 12.1 Å². The molecule has 1 amide bonds. The highest BCUT2D eigenvalue weighted by Crippen LogP contribution is 2.29. The van der Waals surface area contributed by atoms with Crippen LogP contribution in [0.3, 0.4) is 0 Å². The Morgan fingerprint density at radius 1 is 1.19 bits per heavy atom. The van der Waals surface area contributed by atoms with Crippen LogP contribution in [0, 0.1) is 0 Å². The SMILES string of the molecule is NC(=O)c1cc(Nc2ccccc2OC(F)F)ccc1N. The van der Waals surface area contributed by atoms with E-state index >= 15 is 0 Å². The van der Waals surface area contributed by atoms with Crippen molar-refractivity contribution in [2.45, 2.75) is 6.61 Å². The van der Waals surface area contributed by atoms with Gasteiger partial charge in [0.15, 0.2) is 0 Å². The number of para-hydroxylation sites is 2. The summed E-state index contributed by atoms with van der Waals surface area (Å²) in [4.78, 5) is 11.2. The number of hydrogen-bond acceptors (Lipinski definition) is 4. The summed E-state index contributed by atoms with van der Waals surface area (Å²) in [7, 11) is 0. The Morgan fingerprint density at radius 3 is 2.57 bits per heavy atom. The van der Waals surface area contributed by atoms with Crippen molar-refractivity contribution in [3.05, 3.63) is 48.0 Å². The molecule has 2 aromatic rings. The predicted molar refractivity (Wildman–Crippen MR) is 75.7 cm³/mol. The number of alkyl halides is 2. The van der Waals surface area contributed by atoms with Gasteiger partial charge in [-0.3, -0.25) is 4.79 Å². The largest absolute Gasteiger partial charge is 0.433 e. The molecule has 0 atom stereocenters. The molecule has 0 aromatic heterocycles. The van der Waals surface area contributed by atoms with Crippen LogP contribution in [0.4, 0.5) is 25.8 Å². The second-order valence-electron chi connectivity index (χ2n) is 4.17. The second kappa shape index (κ2) is 6.08. The highest BCUT2D eigenvalue weighted by molar-refractivity contribution is 5.99.